The second kappa shape index (κ2) is 10.1. The third-order valence-corrected chi connectivity index (χ3v) is 2.71. The molecule has 0 aromatic heterocycles. The van der Waals surface area contributed by atoms with Crippen LogP contribution in [-0.4, -0.2) is 43.3 Å². The third kappa shape index (κ3) is 10.1. The van der Waals surface area contributed by atoms with Crippen LogP contribution in [0, 0.1) is 5.92 Å². The lowest BCUT2D eigenvalue weighted by Crippen LogP contribution is -2.44. The van der Waals surface area contributed by atoms with E-state index in [1.54, 1.807) is 6.08 Å². The zero-order valence-electron chi connectivity index (χ0n) is 14.8. The number of amides is 1. The van der Waals surface area contributed by atoms with Crippen molar-refractivity contribution in [2.75, 3.05) is 19.6 Å². The molecule has 6 heteroatoms. The van der Waals surface area contributed by atoms with E-state index < -0.39 is 11.7 Å². The van der Waals surface area contributed by atoms with E-state index in [9.17, 15) is 4.79 Å². The number of aliphatic imine (C=N–C) groups is 1. The van der Waals surface area contributed by atoms with Crippen LogP contribution >= 0.6 is 0 Å². The van der Waals surface area contributed by atoms with E-state index in [2.05, 4.69) is 27.5 Å². The van der Waals surface area contributed by atoms with E-state index in [-0.39, 0.29) is 12.0 Å². The highest BCUT2D eigenvalue weighted by Crippen LogP contribution is 2.08. The average molecular weight is 312 g/mol. The molecule has 0 rings (SSSR count). The van der Waals surface area contributed by atoms with Crippen LogP contribution < -0.4 is 16.0 Å². The lowest BCUT2D eigenvalue weighted by molar-refractivity contribution is 0.0493. The summed E-state index contributed by atoms with van der Waals surface area (Å²) >= 11 is 0. The molecule has 3 N–H and O–H groups in total. The van der Waals surface area contributed by atoms with Crippen molar-refractivity contribution in [1.29, 1.82) is 0 Å². The first-order valence-electron chi connectivity index (χ1n) is 7.82. The fourth-order valence-corrected chi connectivity index (χ4v) is 1.58. The average Bonchev–Trinajstić information content (AvgIpc) is 2.37. The van der Waals surface area contributed by atoms with Crippen LogP contribution in [0.3, 0.4) is 0 Å². The minimum absolute atomic E-state index is 0.0889. The van der Waals surface area contributed by atoms with Crippen molar-refractivity contribution in [3.63, 3.8) is 0 Å². The largest absolute Gasteiger partial charge is 0.444 e. The summed E-state index contributed by atoms with van der Waals surface area (Å²) in [5, 5.41) is 9.17. The van der Waals surface area contributed by atoms with Crippen molar-refractivity contribution in [3.8, 4) is 0 Å². The number of carbonyl (C=O) groups is 1. The molecule has 6 nitrogen and oxygen atoms in total. The third-order valence-electron chi connectivity index (χ3n) is 2.71. The van der Waals surface area contributed by atoms with Crippen LogP contribution in [0.1, 0.15) is 41.5 Å². The molecule has 0 aliphatic rings. The van der Waals surface area contributed by atoms with E-state index in [0.29, 0.717) is 19.0 Å². The Hall–Kier alpha value is -1.72. The maximum atomic E-state index is 11.9. The SMILES string of the molecule is C=CCNC(=NCC(NC(=O)OC(C)(C)C)C(C)C)NCC. The molecular formula is C16H32N4O2. The smallest absolute Gasteiger partial charge is 0.407 e. The molecule has 0 bridgehead atoms. The summed E-state index contributed by atoms with van der Waals surface area (Å²) in [5.74, 6) is 0.956. The van der Waals surface area contributed by atoms with Gasteiger partial charge in [0.2, 0.25) is 0 Å². The van der Waals surface area contributed by atoms with E-state index in [0.717, 1.165) is 6.54 Å². The van der Waals surface area contributed by atoms with Gasteiger partial charge in [-0.05, 0) is 33.6 Å². The quantitative estimate of drug-likeness (QED) is 0.383. The van der Waals surface area contributed by atoms with Gasteiger partial charge in [0.1, 0.15) is 5.60 Å². The highest BCUT2D eigenvalue weighted by atomic mass is 16.6. The minimum Gasteiger partial charge on any atom is -0.444 e. The lowest BCUT2D eigenvalue weighted by Gasteiger charge is -2.25. The van der Waals surface area contributed by atoms with Gasteiger partial charge in [-0.1, -0.05) is 19.9 Å². The van der Waals surface area contributed by atoms with Gasteiger partial charge in [0.15, 0.2) is 5.96 Å². The highest BCUT2D eigenvalue weighted by Gasteiger charge is 2.21. The number of nitrogens with one attached hydrogen (secondary N) is 3. The molecule has 0 aromatic rings. The number of hydrogen-bond donors (Lipinski definition) is 3. The van der Waals surface area contributed by atoms with Gasteiger partial charge in [-0.2, -0.15) is 0 Å². The van der Waals surface area contributed by atoms with Crippen LogP contribution in [0.25, 0.3) is 0 Å². The molecule has 1 atom stereocenters. The van der Waals surface area contributed by atoms with Crippen LogP contribution in [0.4, 0.5) is 4.79 Å². The number of rotatable bonds is 7. The van der Waals surface area contributed by atoms with Crippen molar-refractivity contribution in [3.05, 3.63) is 12.7 Å². The van der Waals surface area contributed by atoms with Gasteiger partial charge in [0, 0.05) is 13.1 Å². The summed E-state index contributed by atoms with van der Waals surface area (Å²) in [7, 11) is 0. The molecule has 0 saturated carbocycles. The van der Waals surface area contributed by atoms with Crippen LogP contribution in [-0.2, 0) is 4.74 Å². The first-order valence-corrected chi connectivity index (χ1v) is 7.82. The van der Waals surface area contributed by atoms with Gasteiger partial charge in [0.25, 0.3) is 0 Å². The van der Waals surface area contributed by atoms with Gasteiger partial charge in [-0.25, -0.2) is 4.79 Å². The number of ether oxygens (including phenoxy) is 1. The van der Waals surface area contributed by atoms with E-state index in [1.165, 1.54) is 0 Å². The van der Waals surface area contributed by atoms with Gasteiger partial charge in [-0.3, -0.25) is 4.99 Å². The zero-order chi connectivity index (χ0) is 17.2. The number of hydrogen-bond acceptors (Lipinski definition) is 3. The fourth-order valence-electron chi connectivity index (χ4n) is 1.58. The summed E-state index contributed by atoms with van der Waals surface area (Å²) in [5.41, 5.74) is -0.505. The summed E-state index contributed by atoms with van der Waals surface area (Å²) < 4.78 is 5.29. The van der Waals surface area contributed by atoms with Gasteiger partial charge in [-0.15, -0.1) is 6.58 Å². The van der Waals surface area contributed by atoms with Crippen molar-refractivity contribution in [2.24, 2.45) is 10.9 Å². The highest BCUT2D eigenvalue weighted by molar-refractivity contribution is 5.79. The Labute approximate surface area is 134 Å². The summed E-state index contributed by atoms with van der Waals surface area (Å²) in [6.07, 6.45) is 1.36. The van der Waals surface area contributed by atoms with E-state index >= 15 is 0 Å². The summed E-state index contributed by atoms with van der Waals surface area (Å²) in [6, 6.07) is -0.0889. The lowest BCUT2D eigenvalue weighted by atomic mass is 10.1. The topological polar surface area (TPSA) is 74.8 Å². The van der Waals surface area contributed by atoms with Crippen molar-refractivity contribution in [2.45, 2.75) is 53.2 Å². The standard InChI is InChI=1S/C16H32N4O2/c1-8-10-18-14(17-9-2)19-11-13(12(3)4)20-15(21)22-16(5,6)7/h8,12-13H,1,9-11H2,2-7H3,(H,20,21)(H2,17,18,19). The number of nitrogens with zero attached hydrogens (tertiary/aromatic N) is 1. The van der Waals surface area contributed by atoms with E-state index in [1.807, 2.05) is 41.5 Å². The van der Waals surface area contributed by atoms with Crippen molar-refractivity contribution in [1.82, 2.24) is 16.0 Å². The summed E-state index contributed by atoms with van der Waals surface area (Å²) in [4.78, 5) is 16.4. The van der Waals surface area contributed by atoms with Gasteiger partial charge in [0.05, 0.1) is 12.6 Å². The monoisotopic (exact) mass is 312 g/mol. The number of guanidine groups is 1. The molecule has 0 aromatic carbocycles. The molecule has 0 saturated heterocycles. The fraction of sp³-hybridized carbons (Fsp3) is 0.750. The van der Waals surface area contributed by atoms with Crippen molar-refractivity contribution >= 4 is 12.1 Å². The molecule has 0 radical (unpaired) electrons. The zero-order valence-corrected chi connectivity index (χ0v) is 14.8. The second-order valence-electron chi connectivity index (χ2n) is 6.39. The van der Waals surface area contributed by atoms with Crippen molar-refractivity contribution < 1.29 is 9.53 Å². The molecule has 1 amide bonds. The Kier molecular flexibility index (Phi) is 9.29. The Balaban J connectivity index is 4.67. The Morgan fingerprint density at radius 3 is 2.41 bits per heavy atom. The predicted octanol–water partition coefficient (Wildman–Crippen LogP) is 2.28. The van der Waals surface area contributed by atoms with Crippen LogP contribution in [0.2, 0.25) is 0 Å². The van der Waals surface area contributed by atoms with E-state index in [4.69, 9.17) is 4.74 Å². The first kappa shape index (κ1) is 20.3. The Morgan fingerprint density at radius 1 is 1.32 bits per heavy atom. The van der Waals surface area contributed by atoms with Gasteiger partial charge >= 0.3 is 6.09 Å². The second-order valence-corrected chi connectivity index (χ2v) is 6.39. The molecular weight excluding hydrogens is 280 g/mol. The normalized spacial score (nSPS) is 13.5. The molecule has 0 heterocycles. The number of carbonyl (C=O) groups excluding carboxylic acids is 1. The molecule has 128 valence electrons. The van der Waals surface area contributed by atoms with Crippen LogP contribution in [0.15, 0.2) is 17.6 Å². The van der Waals surface area contributed by atoms with Crippen LogP contribution in [0.5, 0.6) is 0 Å². The van der Waals surface area contributed by atoms with Gasteiger partial charge < -0.3 is 20.7 Å². The molecule has 0 aliphatic heterocycles. The Morgan fingerprint density at radius 2 is 1.95 bits per heavy atom. The maximum absolute atomic E-state index is 11.9. The molecule has 0 spiro atoms. The maximum Gasteiger partial charge on any atom is 0.407 e. The summed E-state index contributed by atoms with van der Waals surface area (Å²) in [6.45, 7) is 17.2. The molecule has 1 unspecified atom stereocenters. The first-order chi connectivity index (χ1) is 10.2. The Bertz CT molecular complexity index is 373. The predicted molar refractivity (Wildman–Crippen MR) is 92.2 cm³/mol. The molecule has 0 fully saturated rings. The molecule has 22 heavy (non-hydrogen) atoms. The molecule has 0 aliphatic carbocycles. The minimum atomic E-state index is -0.505. The number of alkyl carbamates (subject to hydrolysis) is 1.